The summed E-state index contributed by atoms with van der Waals surface area (Å²) in [5.41, 5.74) is 1.84. The van der Waals surface area contributed by atoms with E-state index < -0.39 is 7.14 Å². The molecule has 0 bridgehead atoms. The maximum Gasteiger partial charge on any atom is 0.138 e. The summed E-state index contributed by atoms with van der Waals surface area (Å²) in [6, 6.07) is 3.99. The second-order valence-electron chi connectivity index (χ2n) is 4.50. The van der Waals surface area contributed by atoms with Crippen molar-refractivity contribution in [2.75, 3.05) is 0 Å². The predicted molar refractivity (Wildman–Crippen MR) is 70.2 cm³/mol. The number of halogens is 1. The molecule has 15 heavy (non-hydrogen) atoms. The molecule has 1 heterocycles. The quantitative estimate of drug-likeness (QED) is 0.629. The normalized spacial score (nSPS) is 21.7. The second-order valence-corrected chi connectivity index (χ2v) is 9.09. The molecular weight excluding hydrogens is 320 g/mol. The molecule has 1 aromatic rings. The minimum Gasteiger partial charge on any atom is -0.316 e. The zero-order chi connectivity index (χ0) is 10.5. The van der Waals surface area contributed by atoms with E-state index in [2.05, 4.69) is 27.6 Å². The lowest BCUT2D eigenvalue weighted by Crippen LogP contribution is -2.16. The van der Waals surface area contributed by atoms with E-state index in [9.17, 15) is 4.57 Å². The van der Waals surface area contributed by atoms with E-state index in [1.807, 2.05) is 12.1 Å². The van der Waals surface area contributed by atoms with Crippen LogP contribution in [-0.4, -0.2) is 16.3 Å². The molecule has 2 fully saturated rings. The van der Waals surface area contributed by atoms with Crippen LogP contribution in [0, 0.1) is 3.57 Å². The summed E-state index contributed by atoms with van der Waals surface area (Å²) in [6.07, 6.45) is 6.41. The molecule has 0 radical (unpaired) electrons. The van der Waals surface area contributed by atoms with Crippen molar-refractivity contribution in [1.82, 2.24) is 4.98 Å². The van der Waals surface area contributed by atoms with Gasteiger partial charge in [-0.15, -0.1) is 0 Å². The van der Waals surface area contributed by atoms with Crippen LogP contribution in [0.4, 0.5) is 0 Å². The van der Waals surface area contributed by atoms with Gasteiger partial charge in [0, 0.05) is 21.1 Å². The highest BCUT2D eigenvalue weighted by Gasteiger charge is 2.52. The van der Waals surface area contributed by atoms with Crippen LogP contribution in [0.1, 0.15) is 25.7 Å². The Bertz CT molecular complexity index is 424. The third kappa shape index (κ3) is 1.78. The highest BCUT2D eigenvalue weighted by atomic mass is 127. The minimum atomic E-state index is -2.14. The van der Waals surface area contributed by atoms with E-state index in [-0.39, 0.29) is 0 Å². The van der Waals surface area contributed by atoms with E-state index in [4.69, 9.17) is 0 Å². The minimum absolute atomic E-state index is 0.468. The maximum absolute atomic E-state index is 13.0. The summed E-state index contributed by atoms with van der Waals surface area (Å²) in [5, 5.41) is 0. The highest BCUT2D eigenvalue weighted by molar-refractivity contribution is 14.1. The molecule has 0 aliphatic heterocycles. The first kappa shape index (κ1) is 10.3. The van der Waals surface area contributed by atoms with Crippen molar-refractivity contribution in [1.29, 1.82) is 0 Å². The van der Waals surface area contributed by atoms with Crippen LogP contribution in [0.3, 0.4) is 0 Å². The Hall–Kier alpha value is 0.110. The summed E-state index contributed by atoms with van der Waals surface area (Å²) < 4.78 is 14.2. The van der Waals surface area contributed by atoms with Gasteiger partial charge >= 0.3 is 0 Å². The van der Waals surface area contributed by atoms with Crippen LogP contribution < -0.4 is 5.44 Å². The van der Waals surface area contributed by atoms with Crippen LogP contribution >= 0.6 is 29.7 Å². The Morgan fingerprint density at radius 3 is 2.33 bits per heavy atom. The van der Waals surface area contributed by atoms with Gasteiger partial charge in [0.05, 0.1) is 0 Å². The van der Waals surface area contributed by atoms with Crippen LogP contribution in [0.25, 0.3) is 0 Å². The highest BCUT2D eigenvalue weighted by Crippen LogP contribution is 2.69. The predicted octanol–water partition coefficient (Wildman–Crippen LogP) is 3.00. The van der Waals surface area contributed by atoms with Gasteiger partial charge in [0.25, 0.3) is 0 Å². The van der Waals surface area contributed by atoms with E-state index in [0.29, 0.717) is 11.3 Å². The van der Waals surface area contributed by atoms with Gasteiger partial charge in [-0.3, -0.25) is 4.98 Å². The van der Waals surface area contributed by atoms with Gasteiger partial charge in [0.2, 0.25) is 0 Å². The monoisotopic (exact) mass is 333 g/mol. The van der Waals surface area contributed by atoms with E-state index in [1.54, 1.807) is 6.20 Å². The van der Waals surface area contributed by atoms with Crippen LogP contribution in [0.2, 0.25) is 0 Å². The molecule has 2 nitrogen and oxygen atoms in total. The molecule has 2 aliphatic rings. The van der Waals surface area contributed by atoms with Gasteiger partial charge in [-0.2, -0.15) is 0 Å². The number of aromatic nitrogens is 1. The van der Waals surface area contributed by atoms with Crippen LogP contribution in [0.5, 0.6) is 0 Å². The maximum atomic E-state index is 13.0. The van der Waals surface area contributed by atoms with Crippen molar-refractivity contribution in [3.05, 3.63) is 21.9 Å². The Morgan fingerprint density at radius 2 is 1.87 bits per heavy atom. The summed E-state index contributed by atoms with van der Waals surface area (Å²) in [4.78, 5) is 4.37. The molecule has 80 valence electrons. The lowest BCUT2D eigenvalue weighted by Gasteiger charge is -2.16. The first-order valence-electron chi connectivity index (χ1n) is 5.43. The largest absolute Gasteiger partial charge is 0.316 e. The fraction of sp³-hybridized carbons (Fsp3) is 0.545. The summed E-state index contributed by atoms with van der Waals surface area (Å²) >= 11 is 2.27. The lowest BCUT2D eigenvalue weighted by molar-refractivity contribution is 0.578. The zero-order valence-corrected chi connectivity index (χ0v) is 11.4. The van der Waals surface area contributed by atoms with Crippen molar-refractivity contribution in [3.8, 4) is 0 Å². The second kappa shape index (κ2) is 3.56. The van der Waals surface area contributed by atoms with Gasteiger partial charge in [-0.05, 0) is 60.4 Å². The standard InChI is InChI=1S/C11H13INOP/c12-8-5-6-13-11(7-8)15(14,9-1-2-9)10-3-4-10/h5-7,9-10H,1-4H2. The molecule has 0 spiro atoms. The number of rotatable bonds is 3. The molecule has 1 aromatic heterocycles. The average Bonchev–Trinajstić information content (AvgIpc) is 3.04. The molecule has 0 N–H and O–H groups in total. The Morgan fingerprint density at radius 1 is 1.27 bits per heavy atom. The Balaban J connectivity index is 2.05. The lowest BCUT2D eigenvalue weighted by atomic mass is 10.5. The molecule has 0 atom stereocenters. The van der Waals surface area contributed by atoms with Gasteiger partial charge < -0.3 is 4.57 Å². The fourth-order valence-electron chi connectivity index (χ4n) is 2.17. The zero-order valence-electron chi connectivity index (χ0n) is 8.40. The van der Waals surface area contributed by atoms with Gasteiger partial charge in [-0.1, -0.05) is 0 Å². The van der Waals surface area contributed by atoms with E-state index in [1.165, 1.54) is 0 Å². The molecule has 2 aliphatic carbocycles. The van der Waals surface area contributed by atoms with Gasteiger partial charge in [0.15, 0.2) is 0 Å². The first-order chi connectivity index (χ1) is 7.21. The SMILES string of the molecule is O=P(c1cc(I)ccn1)(C1CC1)C1CC1. The fourth-order valence-corrected chi connectivity index (χ4v) is 6.64. The molecule has 0 saturated heterocycles. The molecule has 2 saturated carbocycles. The number of pyridine rings is 1. The van der Waals surface area contributed by atoms with Crippen LogP contribution in [-0.2, 0) is 4.57 Å². The Kier molecular flexibility index (Phi) is 2.44. The van der Waals surface area contributed by atoms with Crippen LogP contribution in [0.15, 0.2) is 18.3 Å². The molecule has 0 amide bonds. The first-order valence-corrected chi connectivity index (χ1v) is 8.35. The third-order valence-corrected chi connectivity index (χ3v) is 8.08. The molecule has 0 aromatic carbocycles. The number of hydrogen-bond donors (Lipinski definition) is 0. The summed E-state index contributed by atoms with van der Waals surface area (Å²) in [6.45, 7) is 0. The third-order valence-electron chi connectivity index (χ3n) is 3.24. The molecule has 0 unspecified atom stereocenters. The van der Waals surface area contributed by atoms with E-state index in [0.717, 1.165) is 34.7 Å². The average molecular weight is 333 g/mol. The molecule has 4 heteroatoms. The van der Waals surface area contributed by atoms with Gasteiger partial charge in [-0.25, -0.2) is 0 Å². The number of nitrogens with zero attached hydrogens (tertiary/aromatic N) is 1. The smallest absolute Gasteiger partial charge is 0.138 e. The summed E-state index contributed by atoms with van der Waals surface area (Å²) in [7, 11) is -2.14. The van der Waals surface area contributed by atoms with Gasteiger partial charge in [0.1, 0.15) is 12.6 Å². The van der Waals surface area contributed by atoms with Crippen molar-refractivity contribution in [3.63, 3.8) is 0 Å². The summed E-state index contributed by atoms with van der Waals surface area (Å²) in [5.74, 6) is 0. The van der Waals surface area contributed by atoms with Crippen molar-refractivity contribution in [2.24, 2.45) is 0 Å². The van der Waals surface area contributed by atoms with Crippen molar-refractivity contribution >= 4 is 35.2 Å². The molecule has 3 rings (SSSR count). The Labute approximate surface area is 103 Å². The molecular formula is C11H13INOP. The van der Waals surface area contributed by atoms with E-state index >= 15 is 0 Å². The van der Waals surface area contributed by atoms with Crippen molar-refractivity contribution in [2.45, 2.75) is 37.0 Å². The number of hydrogen-bond acceptors (Lipinski definition) is 2. The van der Waals surface area contributed by atoms with Crippen molar-refractivity contribution < 1.29 is 4.57 Å². The topological polar surface area (TPSA) is 30.0 Å².